The number of halogens is 1. The molecule has 0 spiro atoms. The quantitative estimate of drug-likeness (QED) is 0.121. The fourth-order valence-electron chi connectivity index (χ4n) is 3.08. The van der Waals surface area contributed by atoms with E-state index in [-0.39, 0.29) is 23.2 Å². The summed E-state index contributed by atoms with van der Waals surface area (Å²) in [6.07, 6.45) is 6.74. The van der Waals surface area contributed by atoms with Gasteiger partial charge < -0.3 is 9.57 Å². The van der Waals surface area contributed by atoms with Crippen LogP contribution in [-0.4, -0.2) is 51.1 Å². The zero-order chi connectivity index (χ0) is 26.0. The molecule has 1 N–H and O–H groups in total. The van der Waals surface area contributed by atoms with Crippen LogP contribution in [0, 0.1) is 5.13 Å². The molecule has 0 fully saturated rings. The van der Waals surface area contributed by atoms with E-state index in [2.05, 4.69) is 30.4 Å². The molecule has 3 heterocycles. The van der Waals surface area contributed by atoms with Crippen molar-refractivity contribution in [3.63, 3.8) is 0 Å². The van der Waals surface area contributed by atoms with Gasteiger partial charge >= 0.3 is 0 Å². The molecule has 0 aliphatic carbocycles. The second-order valence-corrected chi connectivity index (χ2v) is 9.44. The Labute approximate surface area is 219 Å². The van der Waals surface area contributed by atoms with Gasteiger partial charge in [-0.25, -0.2) is 19.9 Å². The lowest BCUT2D eigenvalue weighted by Crippen LogP contribution is -2.24. The number of Topliss-reactive ketones (excluding diaryl/α,β-unsaturated/α-hetero) is 1. The van der Waals surface area contributed by atoms with Crippen molar-refractivity contribution in [1.29, 1.82) is 0 Å². The van der Waals surface area contributed by atoms with Gasteiger partial charge in [-0.15, -0.1) is 0 Å². The average Bonchev–Trinajstić information content (AvgIpc) is 3.56. The van der Waals surface area contributed by atoms with Crippen molar-refractivity contribution >= 4 is 45.2 Å². The standard InChI is InChI=1S/C24H21FN6O4S2/c1-34-11-2-4-17(32)15-5-7-16(8-6-15)21(31-35-14-20-26-9-3-10-27-20)22(33)30-24-29-12-18(36-24)23-28-13-19(25)37-23/h3,5-10,12-13H,2,4,11,14H2,1H3,(H,29,30,33)/b31-21+. The van der Waals surface area contributed by atoms with Crippen molar-refractivity contribution in [3.05, 3.63) is 77.2 Å². The molecule has 4 rings (SSSR count). The maximum Gasteiger partial charge on any atom is 0.280 e. The predicted molar refractivity (Wildman–Crippen MR) is 137 cm³/mol. The van der Waals surface area contributed by atoms with E-state index in [1.54, 1.807) is 49.8 Å². The number of amides is 1. The molecule has 0 atom stereocenters. The van der Waals surface area contributed by atoms with Crippen molar-refractivity contribution in [2.75, 3.05) is 19.0 Å². The molecular formula is C24H21FN6O4S2. The van der Waals surface area contributed by atoms with Crippen molar-refractivity contribution in [2.45, 2.75) is 19.4 Å². The van der Waals surface area contributed by atoms with Crippen molar-refractivity contribution in [3.8, 4) is 9.88 Å². The maximum atomic E-state index is 13.3. The van der Waals surface area contributed by atoms with E-state index in [0.29, 0.717) is 46.3 Å². The highest BCUT2D eigenvalue weighted by Crippen LogP contribution is 2.31. The second kappa shape index (κ2) is 12.9. The molecule has 3 aromatic heterocycles. The molecule has 0 unspecified atom stereocenters. The number of aromatic nitrogens is 4. The van der Waals surface area contributed by atoms with Crippen LogP contribution in [-0.2, 0) is 21.0 Å². The number of anilines is 1. The second-order valence-electron chi connectivity index (χ2n) is 7.43. The fraction of sp³-hybridized carbons (Fsp3) is 0.208. The lowest BCUT2D eigenvalue weighted by molar-refractivity contribution is -0.110. The lowest BCUT2D eigenvalue weighted by atomic mass is 10.0. The van der Waals surface area contributed by atoms with E-state index in [1.165, 1.54) is 6.20 Å². The number of ether oxygens (including phenoxy) is 1. The van der Waals surface area contributed by atoms with E-state index in [1.807, 2.05) is 0 Å². The summed E-state index contributed by atoms with van der Waals surface area (Å²) in [5.41, 5.74) is 0.906. The van der Waals surface area contributed by atoms with Crippen LogP contribution in [0.3, 0.4) is 0 Å². The monoisotopic (exact) mass is 540 g/mol. The minimum atomic E-state index is -0.584. The smallest absolute Gasteiger partial charge is 0.280 e. The molecule has 0 bridgehead atoms. The van der Waals surface area contributed by atoms with Crippen LogP contribution in [0.5, 0.6) is 0 Å². The topological polar surface area (TPSA) is 129 Å². The highest BCUT2D eigenvalue weighted by Gasteiger charge is 2.19. The Hall–Kier alpha value is -3.94. The number of benzene rings is 1. The molecule has 4 aromatic rings. The number of nitrogens with one attached hydrogen (secondary N) is 1. The van der Waals surface area contributed by atoms with E-state index >= 15 is 0 Å². The average molecular weight is 541 g/mol. The highest BCUT2D eigenvalue weighted by molar-refractivity contribution is 7.23. The number of methoxy groups -OCH3 is 1. The summed E-state index contributed by atoms with van der Waals surface area (Å²) in [5, 5.41) is 7.04. The normalized spacial score (nSPS) is 11.4. The third-order valence-electron chi connectivity index (χ3n) is 4.83. The van der Waals surface area contributed by atoms with E-state index in [4.69, 9.17) is 9.57 Å². The number of carbonyl (C=O) groups is 2. The van der Waals surface area contributed by atoms with E-state index in [9.17, 15) is 14.0 Å². The van der Waals surface area contributed by atoms with Crippen molar-refractivity contribution in [2.24, 2.45) is 5.16 Å². The van der Waals surface area contributed by atoms with E-state index < -0.39 is 11.0 Å². The summed E-state index contributed by atoms with van der Waals surface area (Å²) < 4.78 is 18.3. The van der Waals surface area contributed by atoms with Gasteiger partial charge in [0.2, 0.25) is 0 Å². The number of hydrogen-bond donors (Lipinski definition) is 1. The molecule has 1 amide bonds. The zero-order valence-corrected chi connectivity index (χ0v) is 21.2. The number of hydrogen-bond acceptors (Lipinski definition) is 11. The Morgan fingerprint density at radius 2 is 1.78 bits per heavy atom. The van der Waals surface area contributed by atoms with Crippen molar-refractivity contribution < 1.29 is 23.6 Å². The summed E-state index contributed by atoms with van der Waals surface area (Å²) in [7, 11) is 1.59. The van der Waals surface area contributed by atoms with E-state index in [0.717, 1.165) is 28.9 Å². The third kappa shape index (κ3) is 7.29. The number of oxime groups is 1. The highest BCUT2D eigenvalue weighted by atomic mass is 32.1. The van der Waals surface area contributed by atoms with Crippen LogP contribution in [0.4, 0.5) is 9.52 Å². The van der Waals surface area contributed by atoms with Gasteiger partial charge in [0.15, 0.2) is 34.2 Å². The third-order valence-corrected chi connectivity index (χ3v) is 6.70. The number of thiazole rings is 2. The van der Waals surface area contributed by atoms with Gasteiger partial charge in [-0.2, -0.15) is 4.39 Å². The first-order chi connectivity index (χ1) is 18.0. The van der Waals surface area contributed by atoms with Gasteiger partial charge in [-0.1, -0.05) is 52.1 Å². The van der Waals surface area contributed by atoms with Crippen LogP contribution in [0.15, 0.2) is 60.3 Å². The maximum absolute atomic E-state index is 13.3. The first-order valence-corrected chi connectivity index (χ1v) is 12.6. The first kappa shape index (κ1) is 26.1. The number of rotatable bonds is 12. The fourth-order valence-corrected chi connectivity index (χ4v) is 4.58. The van der Waals surface area contributed by atoms with Gasteiger partial charge in [-0.05, 0) is 12.5 Å². The van der Waals surface area contributed by atoms with Gasteiger partial charge in [0.05, 0.1) is 17.3 Å². The summed E-state index contributed by atoms with van der Waals surface area (Å²) in [5.74, 6) is -0.222. The van der Waals surface area contributed by atoms with Gasteiger partial charge in [-0.3, -0.25) is 14.9 Å². The summed E-state index contributed by atoms with van der Waals surface area (Å²) in [6, 6.07) is 8.18. The molecule has 0 aliphatic rings. The predicted octanol–water partition coefficient (Wildman–Crippen LogP) is 4.36. The van der Waals surface area contributed by atoms with Crippen LogP contribution < -0.4 is 5.32 Å². The van der Waals surface area contributed by atoms with Gasteiger partial charge in [0.25, 0.3) is 5.91 Å². The molecule has 0 saturated heterocycles. The minimum absolute atomic E-state index is 0.0297. The van der Waals surface area contributed by atoms with Crippen LogP contribution in [0.1, 0.15) is 34.6 Å². The van der Waals surface area contributed by atoms with Gasteiger partial charge in [0.1, 0.15) is 5.01 Å². The molecule has 37 heavy (non-hydrogen) atoms. The number of ketones is 1. The molecule has 190 valence electrons. The Morgan fingerprint density at radius 3 is 2.49 bits per heavy atom. The van der Waals surface area contributed by atoms with Crippen LogP contribution in [0.2, 0.25) is 0 Å². The molecule has 0 radical (unpaired) electrons. The van der Waals surface area contributed by atoms with Gasteiger partial charge in [0, 0.05) is 43.7 Å². The molecule has 10 nitrogen and oxygen atoms in total. The largest absolute Gasteiger partial charge is 0.387 e. The molecule has 0 aliphatic heterocycles. The minimum Gasteiger partial charge on any atom is -0.387 e. The summed E-state index contributed by atoms with van der Waals surface area (Å²) >= 11 is 2.03. The Kier molecular flexibility index (Phi) is 9.08. The summed E-state index contributed by atoms with van der Waals surface area (Å²) in [4.78, 5) is 47.8. The number of carbonyl (C=O) groups excluding carboxylic acids is 2. The molecule has 1 aromatic carbocycles. The lowest BCUT2D eigenvalue weighted by Gasteiger charge is -2.08. The molecular weight excluding hydrogens is 519 g/mol. The Balaban J connectivity index is 1.51. The zero-order valence-electron chi connectivity index (χ0n) is 19.6. The SMILES string of the molecule is COCCCC(=O)c1ccc(/C(=N\OCc2ncccn2)C(=O)Nc2ncc(-c3ncc(F)s3)s2)cc1. The summed E-state index contributed by atoms with van der Waals surface area (Å²) in [6.45, 7) is 0.448. The Morgan fingerprint density at radius 1 is 1.03 bits per heavy atom. The van der Waals surface area contributed by atoms with Crippen LogP contribution in [0.25, 0.3) is 9.88 Å². The Bertz CT molecular complexity index is 1380. The first-order valence-electron chi connectivity index (χ1n) is 11.0. The number of nitrogens with zero attached hydrogens (tertiary/aromatic N) is 5. The van der Waals surface area contributed by atoms with Crippen molar-refractivity contribution in [1.82, 2.24) is 19.9 Å². The molecule has 0 saturated carbocycles. The van der Waals surface area contributed by atoms with Crippen LogP contribution >= 0.6 is 22.7 Å². The molecule has 13 heteroatoms.